The summed E-state index contributed by atoms with van der Waals surface area (Å²) in [4.78, 5) is 17.1. The summed E-state index contributed by atoms with van der Waals surface area (Å²) < 4.78 is 0. The van der Waals surface area contributed by atoms with Gasteiger partial charge in [0.05, 0.1) is 10.7 Å². The lowest BCUT2D eigenvalue weighted by atomic mass is 10.2. The van der Waals surface area contributed by atoms with Crippen LogP contribution >= 0.6 is 11.3 Å². The molecular formula is C12H21N3O2S. The van der Waals surface area contributed by atoms with Gasteiger partial charge < -0.3 is 15.7 Å². The first kappa shape index (κ1) is 14.9. The molecule has 1 heterocycles. The quantitative estimate of drug-likeness (QED) is 0.731. The minimum Gasteiger partial charge on any atom is -0.396 e. The van der Waals surface area contributed by atoms with Gasteiger partial charge >= 0.3 is 6.03 Å². The number of aromatic nitrogens is 1. The van der Waals surface area contributed by atoms with Gasteiger partial charge in [-0.3, -0.25) is 0 Å². The molecule has 3 N–H and O–H groups in total. The Bertz CT molecular complexity index is 393. The van der Waals surface area contributed by atoms with Crippen LogP contribution in [-0.4, -0.2) is 35.3 Å². The maximum atomic E-state index is 11.5. The van der Waals surface area contributed by atoms with Crippen molar-refractivity contribution in [3.8, 4) is 0 Å². The van der Waals surface area contributed by atoms with Gasteiger partial charge in [0, 0.05) is 30.5 Å². The molecular weight excluding hydrogens is 250 g/mol. The fourth-order valence-corrected chi connectivity index (χ4v) is 2.57. The third-order valence-electron chi connectivity index (χ3n) is 2.58. The van der Waals surface area contributed by atoms with Crippen LogP contribution in [0.2, 0.25) is 0 Å². The molecule has 6 heteroatoms. The van der Waals surface area contributed by atoms with Crippen molar-refractivity contribution in [2.45, 2.75) is 39.7 Å². The number of carbonyl (C=O) groups excluding carboxylic acids is 1. The highest BCUT2D eigenvalue weighted by Gasteiger charge is 2.07. The molecule has 18 heavy (non-hydrogen) atoms. The number of urea groups is 1. The molecule has 0 unspecified atom stereocenters. The van der Waals surface area contributed by atoms with E-state index in [1.165, 1.54) is 4.88 Å². The number of amides is 2. The molecule has 0 saturated heterocycles. The van der Waals surface area contributed by atoms with Crippen LogP contribution in [0.5, 0.6) is 0 Å². The Kier molecular flexibility index (Phi) is 6.07. The van der Waals surface area contributed by atoms with Crippen LogP contribution < -0.4 is 10.6 Å². The second-order valence-electron chi connectivity index (χ2n) is 4.31. The lowest BCUT2D eigenvalue weighted by molar-refractivity contribution is 0.231. The molecule has 0 aliphatic rings. The van der Waals surface area contributed by atoms with Crippen LogP contribution in [0.15, 0.2) is 0 Å². The Hall–Kier alpha value is -1.14. The number of carbonyl (C=O) groups is 1. The van der Waals surface area contributed by atoms with Gasteiger partial charge in [0.2, 0.25) is 0 Å². The fraction of sp³-hybridized carbons (Fsp3) is 0.667. The van der Waals surface area contributed by atoms with Gasteiger partial charge in [0.15, 0.2) is 0 Å². The smallest absolute Gasteiger partial charge is 0.315 e. The third kappa shape index (κ3) is 5.01. The van der Waals surface area contributed by atoms with E-state index in [0.717, 1.165) is 17.1 Å². The Balaban J connectivity index is 2.25. The van der Waals surface area contributed by atoms with E-state index in [2.05, 4.69) is 15.6 Å². The molecule has 0 aliphatic carbocycles. The van der Waals surface area contributed by atoms with Crippen molar-refractivity contribution in [2.24, 2.45) is 0 Å². The maximum Gasteiger partial charge on any atom is 0.315 e. The molecule has 2 amide bonds. The van der Waals surface area contributed by atoms with E-state index in [9.17, 15) is 4.79 Å². The van der Waals surface area contributed by atoms with Crippen LogP contribution in [-0.2, 0) is 6.42 Å². The van der Waals surface area contributed by atoms with Crippen LogP contribution in [0.4, 0.5) is 4.79 Å². The SMILES string of the molecule is Cc1nc(C)c(CCNC(=O)N[C@H](C)CCO)s1. The molecule has 0 aliphatic heterocycles. The molecule has 5 nitrogen and oxygen atoms in total. The number of aliphatic hydroxyl groups is 1. The molecule has 0 spiro atoms. The lowest BCUT2D eigenvalue weighted by Crippen LogP contribution is -2.41. The highest BCUT2D eigenvalue weighted by atomic mass is 32.1. The normalized spacial score (nSPS) is 12.2. The van der Waals surface area contributed by atoms with Crippen molar-refractivity contribution in [3.05, 3.63) is 15.6 Å². The zero-order chi connectivity index (χ0) is 13.5. The highest BCUT2D eigenvalue weighted by Crippen LogP contribution is 2.16. The van der Waals surface area contributed by atoms with E-state index in [4.69, 9.17) is 5.11 Å². The van der Waals surface area contributed by atoms with E-state index in [1.807, 2.05) is 20.8 Å². The molecule has 0 radical (unpaired) electrons. The zero-order valence-electron chi connectivity index (χ0n) is 11.1. The number of hydrogen-bond acceptors (Lipinski definition) is 4. The summed E-state index contributed by atoms with van der Waals surface area (Å²) in [5, 5.41) is 15.4. The highest BCUT2D eigenvalue weighted by molar-refractivity contribution is 7.11. The van der Waals surface area contributed by atoms with Gasteiger partial charge in [0.25, 0.3) is 0 Å². The molecule has 0 bridgehead atoms. The van der Waals surface area contributed by atoms with Crippen LogP contribution in [0.25, 0.3) is 0 Å². The van der Waals surface area contributed by atoms with Crippen molar-refractivity contribution in [1.29, 1.82) is 0 Å². The molecule has 1 rings (SSSR count). The number of hydrogen-bond donors (Lipinski definition) is 3. The molecule has 0 saturated carbocycles. The second-order valence-corrected chi connectivity index (χ2v) is 5.59. The predicted molar refractivity (Wildman–Crippen MR) is 73.0 cm³/mol. The molecule has 1 aromatic heterocycles. The Morgan fingerprint density at radius 2 is 2.22 bits per heavy atom. The molecule has 1 atom stereocenters. The lowest BCUT2D eigenvalue weighted by Gasteiger charge is -2.13. The fourth-order valence-electron chi connectivity index (χ4n) is 1.64. The monoisotopic (exact) mass is 271 g/mol. The molecule has 0 aromatic carbocycles. The molecule has 102 valence electrons. The number of thiazole rings is 1. The van der Waals surface area contributed by atoms with Crippen LogP contribution in [0.1, 0.15) is 28.9 Å². The molecule has 0 fully saturated rings. The summed E-state index contributed by atoms with van der Waals surface area (Å²) in [7, 11) is 0. The van der Waals surface area contributed by atoms with E-state index in [0.29, 0.717) is 13.0 Å². The summed E-state index contributed by atoms with van der Waals surface area (Å²) in [6.07, 6.45) is 1.37. The van der Waals surface area contributed by atoms with Crippen molar-refractivity contribution in [1.82, 2.24) is 15.6 Å². The molecule has 1 aromatic rings. The van der Waals surface area contributed by atoms with Crippen LogP contribution in [0.3, 0.4) is 0 Å². The van der Waals surface area contributed by atoms with Gasteiger partial charge in [-0.2, -0.15) is 0 Å². The minimum absolute atomic E-state index is 0.0117. The predicted octanol–water partition coefficient (Wildman–Crippen LogP) is 1.37. The average Bonchev–Trinajstić information content (AvgIpc) is 2.57. The summed E-state index contributed by atoms with van der Waals surface area (Å²) >= 11 is 1.67. The summed E-state index contributed by atoms with van der Waals surface area (Å²) in [6.45, 7) is 6.52. The first-order chi connectivity index (χ1) is 8.52. The van der Waals surface area contributed by atoms with Crippen molar-refractivity contribution in [3.63, 3.8) is 0 Å². The van der Waals surface area contributed by atoms with Crippen molar-refractivity contribution >= 4 is 17.4 Å². The summed E-state index contributed by atoms with van der Waals surface area (Å²) in [5.41, 5.74) is 1.05. The van der Waals surface area contributed by atoms with E-state index in [-0.39, 0.29) is 18.7 Å². The summed E-state index contributed by atoms with van der Waals surface area (Å²) in [6, 6.07) is -0.197. The third-order valence-corrected chi connectivity index (χ3v) is 3.71. The summed E-state index contributed by atoms with van der Waals surface area (Å²) in [5.74, 6) is 0. The number of aryl methyl sites for hydroxylation is 2. The standard InChI is InChI=1S/C12H21N3O2S/c1-8(5-7-16)14-12(17)13-6-4-11-9(2)15-10(3)18-11/h8,16H,4-7H2,1-3H3,(H2,13,14,17)/t8-/m1/s1. The Morgan fingerprint density at radius 1 is 1.50 bits per heavy atom. The van der Waals surface area contributed by atoms with Gasteiger partial charge in [-0.15, -0.1) is 11.3 Å². The Morgan fingerprint density at radius 3 is 2.78 bits per heavy atom. The maximum absolute atomic E-state index is 11.5. The van der Waals surface area contributed by atoms with Crippen molar-refractivity contribution in [2.75, 3.05) is 13.2 Å². The zero-order valence-corrected chi connectivity index (χ0v) is 11.9. The minimum atomic E-state index is -0.185. The van der Waals surface area contributed by atoms with Gasteiger partial charge in [-0.05, 0) is 27.2 Å². The topological polar surface area (TPSA) is 74.2 Å². The van der Waals surface area contributed by atoms with Gasteiger partial charge in [-0.25, -0.2) is 9.78 Å². The van der Waals surface area contributed by atoms with Gasteiger partial charge in [-0.1, -0.05) is 0 Å². The first-order valence-corrected chi connectivity index (χ1v) is 6.92. The van der Waals surface area contributed by atoms with E-state index in [1.54, 1.807) is 11.3 Å². The van der Waals surface area contributed by atoms with Gasteiger partial charge in [0.1, 0.15) is 0 Å². The van der Waals surface area contributed by atoms with Crippen LogP contribution in [0, 0.1) is 13.8 Å². The van der Waals surface area contributed by atoms with Crippen molar-refractivity contribution < 1.29 is 9.90 Å². The Labute approximate surface area is 112 Å². The average molecular weight is 271 g/mol. The number of rotatable bonds is 6. The number of nitrogens with one attached hydrogen (secondary N) is 2. The van der Waals surface area contributed by atoms with E-state index >= 15 is 0 Å². The second kappa shape index (κ2) is 7.33. The first-order valence-electron chi connectivity index (χ1n) is 6.11. The number of aliphatic hydroxyl groups excluding tert-OH is 1. The number of nitrogens with zero attached hydrogens (tertiary/aromatic N) is 1. The largest absolute Gasteiger partial charge is 0.396 e. The van der Waals surface area contributed by atoms with E-state index < -0.39 is 0 Å².